The van der Waals surface area contributed by atoms with Gasteiger partial charge in [-0.25, -0.2) is 0 Å². The maximum Gasteiger partial charge on any atom is 0.261 e. The molecule has 2 rings (SSSR count). The van der Waals surface area contributed by atoms with Gasteiger partial charge in [-0.3, -0.25) is 4.79 Å². The fourth-order valence-corrected chi connectivity index (χ4v) is 4.10. The fraction of sp³-hybridized carbons (Fsp3) is 0.545. The predicted molar refractivity (Wildman–Crippen MR) is 78.7 cm³/mol. The number of nitrogen functional groups attached to an aromatic ring is 1. The summed E-state index contributed by atoms with van der Waals surface area (Å²) in [6.45, 7) is 3.97. The third kappa shape index (κ3) is 2.43. The molecule has 2 heterocycles. The number of carbonyl (C=O) groups excluding carboxylic acids is 1. The van der Waals surface area contributed by atoms with Crippen molar-refractivity contribution < 1.29 is 4.79 Å². The molecule has 0 spiro atoms. The first-order valence-corrected chi connectivity index (χ1v) is 7.78. The van der Waals surface area contributed by atoms with Crippen LogP contribution in [0.4, 0.5) is 10.7 Å². The Morgan fingerprint density at radius 1 is 1.33 bits per heavy atom. The Labute approximate surface area is 115 Å². The van der Waals surface area contributed by atoms with Gasteiger partial charge in [-0.15, -0.1) is 23.1 Å². The summed E-state index contributed by atoms with van der Waals surface area (Å²) in [5.41, 5.74) is 11.9. The van der Waals surface area contributed by atoms with Gasteiger partial charge in [0, 0.05) is 26.2 Å². The molecule has 0 saturated carbocycles. The van der Waals surface area contributed by atoms with Gasteiger partial charge in [0.15, 0.2) is 0 Å². The van der Waals surface area contributed by atoms with E-state index in [1.165, 1.54) is 11.3 Å². The molecule has 1 aromatic rings. The van der Waals surface area contributed by atoms with Crippen LogP contribution in [0.1, 0.15) is 9.67 Å². The average molecular weight is 286 g/mol. The first kappa shape index (κ1) is 13.5. The first-order chi connectivity index (χ1) is 8.54. The lowest BCUT2D eigenvalue weighted by Gasteiger charge is -2.33. The molecule has 0 bridgehead atoms. The lowest BCUT2D eigenvalue weighted by Crippen LogP contribution is -2.44. The number of primary amides is 1. The normalized spacial score (nSPS) is 17.1. The smallest absolute Gasteiger partial charge is 0.261 e. The Hall–Kier alpha value is -0.920. The van der Waals surface area contributed by atoms with Crippen LogP contribution in [0.25, 0.3) is 0 Å². The van der Waals surface area contributed by atoms with E-state index < -0.39 is 5.91 Å². The second-order valence-corrected chi connectivity index (χ2v) is 6.15. The van der Waals surface area contributed by atoms with Crippen molar-refractivity contribution in [3.8, 4) is 0 Å². The van der Waals surface area contributed by atoms with E-state index in [2.05, 4.69) is 16.8 Å². The van der Waals surface area contributed by atoms with Crippen molar-refractivity contribution in [3.63, 3.8) is 0 Å². The van der Waals surface area contributed by atoms with Gasteiger partial charge in [0.05, 0.1) is 10.6 Å². The molecule has 100 valence electrons. The van der Waals surface area contributed by atoms with Crippen molar-refractivity contribution >= 4 is 39.7 Å². The molecular weight excluding hydrogens is 268 g/mol. The Kier molecular flexibility index (Phi) is 4.04. The Balaban J connectivity index is 2.32. The first-order valence-electron chi connectivity index (χ1n) is 5.74. The molecule has 1 saturated heterocycles. The molecule has 0 atom stereocenters. The summed E-state index contributed by atoms with van der Waals surface area (Å²) in [5.74, 6) is -0.437. The summed E-state index contributed by atoms with van der Waals surface area (Å²) in [6.07, 6.45) is 1.97. The van der Waals surface area contributed by atoms with E-state index in [0.29, 0.717) is 10.6 Å². The van der Waals surface area contributed by atoms with Crippen LogP contribution < -0.4 is 16.4 Å². The minimum Gasteiger partial charge on any atom is -0.396 e. The Morgan fingerprint density at radius 3 is 2.44 bits per heavy atom. The lowest BCUT2D eigenvalue weighted by molar-refractivity contribution is 0.100. The van der Waals surface area contributed by atoms with Crippen LogP contribution in [-0.4, -0.2) is 50.3 Å². The van der Waals surface area contributed by atoms with Crippen LogP contribution in [0, 0.1) is 0 Å². The van der Waals surface area contributed by atoms with Gasteiger partial charge in [0.25, 0.3) is 5.91 Å². The Morgan fingerprint density at radius 2 is 1.94 bits per heavy atom. The number of likely N-dealkylation sites (N-methyl/N-ethyl adjacent to an activating group) is 1. The number of piperazine rings is 1. The zero-order chi connectivity index (χ0) is 13.3. The van der Waals surface area contributed by atoms with Gasteiger partial charge in [-0.1, -0.05) is 0 Å². The predicted octanol–water partition coefficient (Wildman–Crippen LogP) is 0.903. The van der Waals surface area contributed by atoms with Gasteiger partial charge in [-0.2, -0.15) is 0 Å². The van der Waals surface area contributed by atoms with E-state index >= 15 is 0 Å². The highest BCUT2D eigenvalue weighted by molar-refractivity contribution is 7.99. The number of carbonyl (C=O) groups is 1. The van der Waals surface area contributed by atoms with Gasteiger partial charge < -0.3 is 21.3 Å². The van der Waals surface area contributed by atoms with Crippen LogP contribution in [0.2, 0.25) is 0 Å². The van der Waals surface area contributed by atoms with Crippen LogP contribution in [0.3, 0.4) is 0 Å². The molecule has 5 nitrogen and oxygen atoms in total. The molecule has 18 heavy (non-hydrogen) atoms. The summed E-state index contributed by atoms with van der Waals surface area (Å²) in [4.78, 5) is 17.4. The minimum atomic E-state index is -0.437. The van der Waals surface area contributed by atoms with Crippen molar-refractivity contribution in [2.24, 2.45) is 5.73 Å². The number of nitrogens with two attached hydrogens (primary N) is 2. The van der Waals surface area contributed by atoms with Gasteiger partial charge >= 0.3 is 0 Å². The molecule has 0 aliphatic carbocycles. The van der Waals surface area contributed by atoms with Crippen molar-refractivity contribution in [2.75, 3.05) is 50.1 Å². The summed E-state index contributed by atoms with van der Waals surface area (Å²) >= 11 is 2.99. The number of thiophene rings is 1. The van der Waals surface area contributed by atoms with Crippen molar-refractivity contribution in [1.29, 1.82) is 0 Å². The van der Waals surface area contributed by atoms with E-state index in [-0.39, 0.29) is 0 Å². The third-order valence-corrected chi connectivity index (χ3v) is 5.33. The molecule has 1 aliphatic rings. The van der Waals surface area contributed by atoms with Crippen LogP contribution in [-0.2, 0) is 0 Å². The highest BCUT2D eigenvalue weighted by atomic mass is 32.2. The number of thioether (sulfide) groups is 1. The average Bonchev–Trinajstić information content (AvgIpc) is 2.67. The van der Waals surface area contributed by atoms with Crippen LogP contribution in [0.5, 0.6) is 0 Å². The fourth-order valence-electron chi connectivity index (χ4n) is 2.01. The largest absolute Gasteiger partial charge is 0.396 e. The number of hydrogen-bond acceptors (Lipinski definition) is 6. The van der Waals surface area contributed by atoms with Crippen molar-refractivity contribution in [3.05, 3.63) is 4.88 Å². The van der Waals surface area contributed by atoms with Gasteiger partial charge in [0.2, 0.25) is 0 Å². The molecular formula is C11H18N4OS2. The maximum absolute atomic E-state index is 11.4. The second-order valence-electron chi connectivity index (χ2n) is 4.34. The van der Waals surface area contributed by atoms with E-state index in [4.69, 9.17) is 11.5 Å². The van der Waals surface area contributed by atoms with Gasteiger partial charge in [-0.05, 0) is 13.3 Å². The summed E-state index contributed by atoms with van der Waals surface area (Å²) < 4.78 is 0. The molecule has 1 fully saturated rings. The molecule has 7 heteroatoms. The summed E-state index contributed by atoms with van der Waals surface area (Å²) in [5, 5.41) is 1.09. The topological polar surface area (TPSA) is 75.6 Å². The van der Waals surface area contributed by atoms with E-state index in [1.807, 2.05) is 6.26 Å². The van der Waals surface area contributed by atoms with Crippen molar-refractivity contribution in [2.45, 2.75) is 4.90 Å². The summed E-state index contributed by atoms with van der Waals surface area (Å²) in [7, 11) is 2.12. The van der Waals surface area contributed by atoms with E-state index in [1.54, 1.807) is 11.8 Å². The van der Waals surface area contributed by atoms with Crippen molar-refractivity contribution in [1.82, 2.24) is 4.90 Å². The Bertz CT molecular complexity index is 452. The summed E-state index contributed by atoms with van der Waals surface area (Å²) in [6, 6.07) is 0. The molecule has 1 aliphatic heterocycles. The zero-order valence-electron chi connectivity index (χ0n) is 10.6. The number of amides is 1. The standard InChI is InChI=1S/C11H18N4OS2/c1-14-3-5-15(6-4-14)11-9(17-2)7(12)8(18-11)10(13)16/h3-6,12H2,1-2H3,(H2,13,16). The number of anilines is 2. The van der Waals surface area contributed by atoms with Crippen LogP contribution >= 0.6 is 23.1 Å². The SMILES string of the molecule is CSc1c(N2CCN(C)CC2)sc(C(N)=O)c1N. The third-order valence-electron chi connectivity index (χ3n) is 3.10. The number of nitrogens with zero attached hydrogens (tertiary/aromatic N) is 2. The molecule has 1 aromatic heterocycles. The molecule has 0 aromatic carbocycles. The second kappa shape index (κ2) is 5.38. The highest BCUT2D eigenvalue weighted by Gasteiger charge is 2.24. The molecule has 0 radical (unpaired) electrons. The van der Waals surface area contributed by atoms with E-state index in [0.717, 1.165) is 36.1 Å². The monoisotopic (exact) mass is 286 g/mol. The maximum atomic E-state index is 11.4. The quantitative estimate of drug-likeness (QED) is 0.808. The van der Waals surface area contributed by atoms with E-state index in [9.17, 15) is 4.79 Å². The highest BCUT2D eigenvalue weighted by Crippen LogP contribution is 2.43. The molecule has 4 N–H and O–H groups in total. The van der Waals surface area contributed by atoms with Crippen LogP contribution in [0.15, 0.2) is 4.90 Å². The molecule has 0 unspecified atom stereocenters. The minimum absolute atomic E-state index is 0.437. The number of rotatable bonds is 3. The lowest BCUT2D eigenvalue weighted by atomic mass is 10.3. The zero-order valence-corrected chi connectivity index (χ0v) is 12.2. The van der Waals surface area contributed by atoms with Gasteiger partial charge in [0.1, 0.15) is 9.88 Å². The molecule has 1 amide bonds. The number of hydrogen-bond donors (Lipinski definition) is 2.